The lowest BCUT2D eigenvalue weighted by atomic mass is 9.91. The maximum atomic E-state index is 12.7. The Hall–Kier alpha value is -1.30. The van der Waals surface area contributed by atoms with E-state index in [0.29, 0.717) is 25.2 Å². The quantitative estimate of drug-likeness (QED) is 0.767. The molecular formula is C19H31N3O3. The van der Waals surface area contributed by atoms with Crippen LogP contribution in [0.4, 0.5) is 4.79 Å². The molecule has 2 heterocycles. The number of nitrogens with zero attached hydrogens (tertiary/aromatic N) is 1. The van der Waals surface area contributed by atoms with Gasteiger partial charge in [-0.2, -0.15) is 0 Å². The van der Waals surface area contributed by atoms with Gasteiger partial charge in [0.2, 0.25) is 5.91 Å². The summed E-state index contributed by atoms with van der Waals surface area (Å²) >= 11 is 0. The van der Waals surface area contributed by atoms with Crippen LogP contribution in [0.25, 0.3) is 0 Å². The molecule has 2 aliphatic heterocycles. The van der Waals surface area contributed by atoms with E-state index < -0.39 is 0 Å². The van der Waals surface area contributed by atoms with Crippen molar-refractivity contribution in [3.05, 3.63) is 0 Å². The number of carbonyl (C=O) groups is 2. The summed E-state index contributed by atoms with van der Waals surface area (Å²) in [5.74, 6) is 0.0320. The van der Waals surface area contributed by atoms with Crippen LogP contribution in [0.2, 0.25) is 0 Å². The maximum absolute atomic E-state index is 12.7. The normalized spacial score (nSPS) is 33.4. The Labute approximate surface area is 150 Å². The van der Waals surface area contributed by atoms with E-state index in [1.807, 2.05) is 4.90 Å². The van der Waals surface area contributed by atoms with Crippen molar-refractivity contribution in [2.24, 2.45) is 5.92 Å². The zero-order valence-corrected chi connectivity index (χ0v) is 15.0. The van der Waals surface area contributed by atoms with Crippen LogP contribution in [-0.2, 0) is 9.53 Å². The minimum atomic E-state index is -0.140. The smallest absolute Gasteiger partial charge is 0.317 e. The Morgan fingerprint density at radius 1 is 0.840 bits per heavy atom. The van der Waals surface area contributed by atoms with Gasteiger partial charge in [-0.25, -0.2) is 4.79 Å². The average molecular weight is 349 g/mol. The second-order valence-corrected chi connectivity index (χ2v) is 8.32. The van der Waals surface area contributed by atoms with Gasteiger partial charge in [0.1, 0.15) is 0 Å². The predicted molar refractivity (Wildman–Crippen MR) is 94.1 cm³/mol. The molecule has 0 aromatic carbocycles. The van der Waals surface area contributed by atoms with Gasteiger partial charge >= 0.3 is 6.03 Å². The first-order valence-corrected chi connectivity index (χ1v) is 10.2. The Morgan fingerprint density at radius 3 is 2.20 bits per heavy atom. The van der Waals surface area contributed by atoms with E-state index in [2.05, 4.69) is 10.6 Å². The van der Waals surface area contributed by atoms with Crippen molar-refractivity contribution in [1.29, 1.82) is 0 Å². The van der Waals surface area contributed by atoms with Gasteiger partial charge in [0.25, 0.3) is 0 Å². The topological polar surface area (TPSA) is 70.7 Å². The zero-order valence-electron chi connectivity index (χ0n) is 15.0. The van der Waals surface area contributed by atoms with Crippen LogP contribution in [0.5, 0.6) is 0 Å². The molecule has 0 spiro atoms. The fourth-order valence-corrected chi connectivity index (χ4v) is 4.65. The van der Waals surface area contributed by atoms with Gasteiger partial charge in [0.05, 0.1) is 18.1 Å². The number of hydrogen-bond donors (Lipinski definition) is 2. The first-order valence-electron chi connectivity index (χ1n) is 10.2. The van der Waals surface area contributed by atoms with Gasteiger partial charge in [-0.05, 0) is 38.5 Å². The Bertz CT molecular complexity index is 500. The second kappa shape index (κ2) is 7.52. The van der Waals surface area contributed by atoms with E-state index in [1.54, 1.807) is 0 Å². The second-order valence-electron chi connectivity index (χ2n) is 8.32. The molecular weight excluding hydrogens is 318 g/mol. The van der Waals surface area contributed by atoms with Gasteiger partial charge in [-0.15, -0.1) is 0 Å². The molecule has 4 fully saturated rings. The van der Waals surface area contributed by atoms with Crippen molar-refractivity contribution >= 4 is 11.9 Å². The number of hydrogen-bond acceptors (Lipinski definition) is 3. The Kier molecular flexibility index (Phi) is 5.15. The highest BCUT2D eigenvalue weighted by Gasteiger charge is 2.46. The summed E-state index contributed by atoms with van der Waals surface area (Å²) < 4.78 is 5.97. The standard InChI is InChI=1S/C19H31N3O3/c23-18(20-13-8-5-9-13)16-10-15-11-22(12-17(16)25-15)19(24)21-14-6-3-1-2-4-7-14/h13-17H,1-12H2,(H,20,23)(H,21,24)/t15-,16+,17-/m0/s1. The van der Waals surface area contributed by atoms with Crippen molar-refractivity contribution < 1.29 is 14.3 Å². The lowest BCUT2D eigenvalue weighted by Gasteiger charge is -2.34. The summed E-state index contributed by atoms with van der Waals surface area (Å²) in [7, 11) is 0. The number of amides is 3. The number of likely N-dealkylation sites (tertiary alicyclic amines) is 1. The minimum Gasteiger partial charge on any atom is -0.370 e. The molecule has 2 saturated carbocycles. The molecule has 4 rings (SSSR count). The van der Waals surface area contributed by atoms with Gasteiger partial charge in [0.15, 0.2) is 0 Å². The summed E-state index contributed by atoms with van der Waals surface area (Å²) in [6.07, 6.45) is 11.2. The number of urea groups is 1. The minimum absolute atomic E-state index is 0.00998. The lowest BCUT2D eigenvalue weighted by Crippen LogP contribution is -2.53. The van der Waals surface area contributed by atoms with E-state index in [1.165, 1.54) is 32.1 Å². The first-order chi connectivity index (χ1) is 12.2. The summed E-state index contributed by atoms with van der Waals surface area (Å²) in [5, 5.41) is 6.37. The number of carbonyl (C=O) groups excluding carboxylic acids is 2. The molecule has 140 valence electrons. The molecule has 2 N–H and O–H groups in total. The number of morpholine rings is 1. The Morgan fingerprint density at radius 2 is 1.52 bits per heavy atom. The largest absolute Gasteiger partial charge is 0.370 e. The third kappa shape index (κ3) is 3.94. The van der Waals surface area contributed by atoms with E-state index >= 15 is 0 Å². The maximum Gasteiger partial charge on any atom is 0.317 e. The third-order valence-corrected chi connectivity index (χ3v) is 6.42. The molecule has 3 atom stereocenters. The fraction of sp³-hybridized carbons (Fsp3) is 0.895. The van der Waals surface area contributed by atoms with E-state index in [-0.39, 0.29) is 30.1 Å². The van der Waals surface area contributed by atoms with Gasteiger partial charge in [-0.1, -0.05) is 25.7 Å². The van der Waals surface area contributed by atoms with Crippen molar-refractivity contribution in [3.8, 4) is 0 Å². The SMILES string of the molecule is O=C(NC1CCC1)[C@@H]1C[C@H]2CN(C(=O)NC3CCCCCC3)C[C@@H]1O2. The highest BCUT2D eigenvalue weighted by atomic mass is 16.5. The van der Waals surface area contributed by atoms with E-state index in [4.69, 9.17) is 4.74 Å². The number of nitrogens with one attached hydrogen (secondary N) is 2. The summed E-state index contributed by atoms with van der Waals surface area (Å²) in [6, 6.07) is 0.709. The summed E-state index contributed by atoms with van der Waals surface area (Å²) in [6.45, 7) is 1.15. The van der Waals surface area contributed by atoms with E-state index in [9.17, 15) is 9.59 Å². The van der Waals surface area contributed by atoms with Crippen LogP contribution < -0.4 is 10.6 Å². The summed E-state index contributed by atoms with van der Waals surface area (Å²) in [4.78, 5) is 27.1. The molecule has 4 aliphatic rings. The average Bonchev–Trinajstić information content (AvgIpc) is 2.75. The van der Waals surface area contributed by atoms with Crippen LogP contribution in [0.1, 0.15) is 64.2 Å². The molecule has 2 saturated heterocycles. The zero-order chi connectivity index (χ0) is 17.2. The van der Waals surface area contributed by atoms with Crippen LogP contribution in [0.15, 0.2) is 0 Å². The monoisotopic (exact) mass is 349 g/mol. The van der Waals surface area contributed by atoms with Gasteiger partial charge < -0.3 is 20.3 Å². The van der Waals surface area contributed by atoms with Crippen LogP contribution in [0.3, 0.4) is 0 Å². The van der Waals surface area contributed by atoms with Crippen molar-refractivity contribution in [2.45, 2.75) is 88.5 Å². The van der Waals surface area contributed by atoms with Crippen molar-refractivity contribution in [1.82, 2.24) is 15.5 Å². The molecule has 0 aromatic heterocycles. The molecule has 6 heteroatoms. The van der Waals surface area contributed by atoms with Crippen LogP contribution >= 0.6 is 0 Å². The Balaban J connectivity index is 1.30. The fourth-order valence-electron chi connectivity index (χ4n) is 4.65. The highest BCUT2D eigenvalue weighted by molar-refractivity contribution is 5.80. The van der Waals surface area contributed by atoms with Gasteiger partial charge in [0, 0.05) is 25.2 Å². The molecule has 2 bridgehead atoms. The predicted octanol–water partition coefficient (Wildman–Crippen LogP) is 2.18. The lowest BCUT2D eigenvalue weighted by molar-refractivity contribution is -0.128. The van der Waals surface area contributed by atoms with Crippen molar-refractivity contribution in [3.63, 3.8) is 0 Å². The molecule has 6 nitrogen and oxygen atoms in total. The van der Waals surface area contributed by atoms with Crippen LogP contribution in [-0.4, -0.2) is 54.2 Å². The first kappa shape index (κ1) is 17.1. The van der Waals surface area contributed by atoms with Gasteiger partial charge in [-0.3, -0.25) is 4.79 Å². The number of rotatable bonds is 3. The molecule has 2 aliphatic carbocycles. The molecule has 3 amide bonds. The highest BCUT2D eigenvalue weighted by Crippen LogP contribution is 2.33. The molecule has 0 aromatic rings. The third-order valence-electron chi connectivity index (χ3n) is 6.42. The summed E-state index contributed by atoms with van der Waals surface area (Å²) in [5.41, 5.74) is 0. The number of fused-ring (bicyclic) bond motifs is 2. The number of ether oxygens (including phenoxy) is 1. The molecule has 0 unspecified atom stereocenters. The molecule has 25 heavy (non-hydrogen) atoms. The van der Waals surface area contributed by atoms with E-state index in [0.717, 1.165) is 32.1 Å². The van der Waals surface area contributed by atoms with Crippen LogP contribution in [0, 0.1) is 5.92 Å². The van der Waals surface area contributed by atoms with Crippen molar-refractivity contribution in [2.75, 3.05) is 13.1 Å². The molecule has 0 radical (unpaired) electrons.